The van der Waals surface area contributed by atoms with Crippen molar-refractivity contribution in [3.63, 3.8) is 0 Å². The van der Waals surface area contributed by atoms with Crippen molar-refractivity contribution in [2.75, 3.05) is 18.0 Å². The molecule has 0 radical (unpaired) electrons. The SMILES string of the molecule is CCC1(CC)CCN(c2ncc(CCl)c(C)n2)CC1. The van der Waals surface area contributed by atoms with E-state index in [0.29, 0.717) is 11.3 Å². The molecule has 4 heteroatoms. The van der Waals surface area contributed by atoms with E-state index in [1.807, 2.05) is 13.1 Å². The van der Waals surface area contributed by atoms with Crippen molar-refractivity contribution in [2.45, 2.75) is 52.3 Å². The summed E-state index contributed by atoms with van der Waals surface area (Å²) < 4.78 is 0. The molecular formula is C15H24ClN3. The number of aromatic nitrogens is 2. The van der Waals surface area contributed by atoms with Crippen LogP contribution in [0.25, 0.3) is 0 Å². The fourth-order valence-electron chi connectivity index (χ4n) is 2.90. The van der Waals surface area contributed by atoms with E-state index in [2.05, 4.69) is 28.7 Å². The monoisotopic (exact) mass is 281 g/mol. The van der Waals surface area contributed by atoms with Gasteiger partial charge in [-0.05, 0) is 25.2 Å². The molecule has 0 saturated carbocycles. The van der Waals surface area contributed by atoms with Crippen molar-refractivity contribution in [2.24, 2.45) is 5.41 Å². The van der Waals surface area contributed by atoms with Crippen LogP contribution >= 0.6 is 11.6 Å². The van der Waals surface area contributed by atoms with Crippen molar-refractivity contribution in [1.29, 1.82) is 0 Å². The number of halogens is 1. The Hall–Kier alpha value is -0.830. The molecular weight excluding hydrogens is 258 g/mol. The van der Waals surface area contributed by atoms with Crippen LogP contribution < -0.4 is 4.90 Å². The molecule has 1 fully saturated rings. The second-order valence-electron chi connectivity index (χ2n) is 5.61. The fraction of sp³-hybridized carbons (Fsp3) is 0.733. The third kappa shape index (κ3) is 3.02. The molecule has 0 amide bonds. The molecule has 106 valence electrons. The second kappa shape index (κ2) is 6.08. The Balaban J connectivity index is 2.07. The Labute approximate surface area is 121 Å². The molecule has 19 heavy (non-hydrogen) atoms. The third-order valence-corrected chi connectivity index (χ3v) is 5.11. The lowest BCUT2D eigenvalue weighted by Crippen LogP contribution is -2.40. The molecule has 0 unspecified atom stereocenters. The van der Waals surface area contributed by atoms with Gasteiger partial charge >= 0.3 is 0 Å². The fourth-order valence-corrected chi connectivity index (χ4v) is 3.16. The quantitative estimate of drug-likeness (QED) is 0.783. The number of anilines is 1. The van der Waals surface area contributed by atoms with Gasteiger partial charge < -0.3 is 4.90 Å². The lowest BCUT2D eigenvalue weighted by molar-refractivity contribution is 0.198. The van der Waals surface area contributed by atoms with Crippen molar-refractivity contribution in [1.82, 2.24) is 9.97 Å². The van der Waals surface area contributed by atoms with Crippen molar-refractivity contribution >= 4 is 17.5 Å². The van der Waals surface area contributed by atoms with E-state index in [1.54, 1.807) is 0 Å². The molecule has 1 aliphatic heterocycles. The van der Waals surface area contributed by atoms with Gasteiger partial charge in [0.15, 0.2) is 0 Å². The highest BCUT2D eigenvalue weighted by Gasteiger charge is 2.31. The molecule has 0 aliphatic carbocycles. The summed E-state index contributed by atoms with van der Waals surface area (Å²) in [4.78, 5) is 11.4. The summed E-state index contributed by atoms with van der Waals surface area (Å²) in [6.07, 6.45) is 6.93. The topological polar surface area (TPSA) is 29.0 Å². The van der Waals surface area contributed by atoms with E-state index in [0.717, 1.165) is 30.3 Å². The van der Waals surface area contributed by atoms with Gasteiger partial charge in [0.1, 0.15) is 0 Å². The average molecular weight is 282 g/mol. The number of nitrogens with zero attached hydrogens (tertiary/aromatic N) is 3. The van der Waals surface area contributed by atoms with Gasteiger partial charge in [-0.1, -0.05) is 26.7 Å². The Bertz CT molecular complexity index is 419. The zero-order chi connectivity index (χ0) is 13.9. The average Bonchev–Trinajstić information content (AvgIpc) is 2.47. The predicted octanol–water partition coefficient (Wildman–Crippen LogP) is 3.93. The van der Waals surface area contributed by atoms with Crippen molar-refractivity contribution in [3.8, 4) is 0 Å². The van der Waals surface area contributed by atoms with Crippen molar-refractivity contribution < 1.29 is 0 Å². The van der Waals surface area contributed by atoms with Crippen LogP contribution in [-0.4, -0.2) is 23.1 Å². The van der Waals surface area contributed by atoms with Gasteiger partial charge in [0.2, 0.25) is 5.95 Å². The number of aryl methyl sites for hydroxylation is 1. The molecule has 1 aliphatic rings. The van der Waals surface area contributed by atoms with Gasteiger partial charge in [-0.25, -0.2) is 9.97 Å². The van der Waals surface area contributed by atoms with E-state index in [9.17, 15) is 0 Å². The van der Waals surface area contributed by atoms with Gasteiger partial charge in [-0.3, -0.25) is 0 Å². The minimum absolute atomic E-state index is 0.487. The third-order valence-electron chi connectivity index (χ3n) is 4.82. The first-order valence-electron chi connectivity index (χ1n) is 7.27. The van der Waals surface area contributed by atoms with Crippen LogP contribution in [0.3, 0.4) is 0 Å². The summed E-state index contributed by atoms with van der Waals surface area (Å²) >= 11 is 5.85. The van der Waals surface area contributed by atoms with Gasteiger partial charge in [-0.2, -0.15) is 0 Å². The summed E-state index contributed by atoms with van der Waals surface area (Å²) in [5, 5.41) is 0. The molecule has 0 aromatic carbocycles. The van der Waals surface area contributed by atoms with Gasteiger partial charge in [0, 0.05) is 30.5 Å². The summed E-state index contributed by atoms with van der Waals surface area (Å²) in [5.41, 5.74) is 2.57. The largest absolute Gasteiger partial charge is 0.341 e. The van der Waals surface area contributed by atoms with Gasteiger partial charge in [-0.15, -0.1) is 11.6 Å². The van der Waals surface area contributed by atoms with Crippen LogP contribution in [0.1, 0.15) is 50.8 Å². The van der Waals surface area contributed by atoms with E-state index < -0.39 is 0 Å². The maximum Gasteiger partial charge on any atom is 0.225 e. The zero-order valence-corrected chi connectivity index (χ0v) is 13.0. The minimum Gasteiger partial charge on any atom is -0.341 e. The number of hydrogen-bond acceptors (Lipinski definition) is 3. The Kier molecular flexibility index (Phi) is 4.67. The van der Waals surface area contributed by atoms with Crippen LogP contribution in [-0.2, 0) is 5.88 Å². The van der Waals surface area contributed by atoms with Crippen molar-refractivity contribution in [3.05, 3.63) is 17.5 Å². The Morgan fingerprint density at radius 2 is 1.89 bits per heavy atom. The van der Waals surface area contributed by atoms with Gasteiger partial charge in [0.05, 0.1) is 5.88 Å². The van der Waals surface area contributed by atoms with Crippen LogP contribution in [0, 0.1) is 12.3 Å². The highest BCUT2D eigenvalue weighted by molar-refractivity contribution is 6.17. The second-order valence-corrected chi connectivity index (χ2v) is 5.88. The van der Waals surface area contributed by atoms with Gasteiger partial charge in [0.25, 0.3) is 0 Å². The molecule has 0 atom stereocenters. The van der Waals surface area contributed by atoms with E-state index in [4.69, 9.17) is 11.6 Å². The summed E-state index contributed by atoms with van der Waals surface area (Å²) in [6.45, 7) is 8.78. The van der Waals surface area contributed by atoms with E-state index in [-0.39, 0.29) is 0 Å². The lowest BCUT2D eigenvalue weighted by Gasteiger charge is -2.41. The maximum atomic E-state index is 5.85. The first-order valence-corrected chi connectivity index (χ1v) is 7.81. The molecule has 0 bridgehead atoms. The summed E-state index contributed by atoms with van der Waals surface area (Å²) in [7, 11) is 0. The molecule has 2 rings (SSSR count). The Morgan fingerprint density at radius 1 is 1.26 bits per heavy atom. The molecule has 1 aromatic rings. The summed E-state index contributed by atoms with van der Waals surface area (Å²) in [6, 6.07) is 0. The normalized spacial score (nSPS) is 18.6. The van der Waals surface area contributed by atoms with Crippen LogP contribution in [0.5, 0.6) is 0 Å². The standard InChI is InChI=1S/C15H24ClN3/c1-4-15(5-2)6-8-19(9-7-15)14-17-11-13(10-16)12(3)18-14/h11H,4-10H2,1-3H3. The first-order chi connectivity index (χ1) is 9.14. The smallest absolute Gasteiger partial charge is 0.225 e. The molecule has 1 aromatic heterocycles. The highest BCUT2D eigenvalue weighted by atomic mass is 35.5. The molecule has 0 spiro atoms. The Morgan fingerprint density at radius 3 is 2.37 bits per heavy atom. The van der Waals surface area contributed by atoms with E-state index in [1.165, 1.54) is 25.7 Å². The maximum absolute atomic E-state index is 5.85. The first kappa shape index (κ1) is 14.6. The number of alkyl halides is 1. The van der Waals surface area contributed by atoms with Crippen LogP contribution in [0.4, 0.5) is 5.95 Å². The molecule has 2 heterocycles. The van der Waals surface area contributed by atoms with Crippen LogP contribution in [0.2, 0.25) is 0 Å². The molecule has 3 nitrogen and oxygen atoms in total. The minimum atomic E-state index is 0.487. The molecule has 1 saturated heterocycles. The van der Waals surface area contributed by atoms with E-state index >= 15 is 0 Å². The number of rotatable bonds is 4. The lowest BCUT2D eigenvalue weighted by atomic mass is 9.74. The van der Waals surface area contributed by atoms with Crippen LogP contribution in [0.15, 0.2) is 6.20 Å². The summed E-state index contributed by atoms with van der Waals surface area (Å²) in [5.74, 6) is 1.35. The zero-order valence-electron chi connectivity index (χ0n) is 12.2. The number of hydrogen-bond donors (Lipinski definition) is 0. The highest BCUT2D eigenvalue weighted by Crippen LogP contribution is 2.38. The predicted molar refractivity (Wildman–Crippen MR) is 80.8 cm³/mol. The molecule has 0 N–H and O–H groups in total. The number of piperidine rings is 1.